The average Bonchev–Trinajstić information content (AvgIpc) is 3.13. The summed E-state index contributed by atoms with van der Waals surface area (Å²) in [5.74, 6) is -0.439. The van der Waals surface area contributed by atoms with Gasteiger partial charge < -0.3 is 9.88 Å². The first-order valence-electron chi connectivity index (χ1n) is 8.14. The molecule has 0 saturated carbocycles. The van der Waals surface area contributed by atoms with Crippen LogP contribution in [0.4, 0.5) is 5.69 Å². The number of carbonyl (C=O) groups excluding carboxylic acids is 3. The molecule has 0 fully saturated rings. The van der Waals surface area contributed by atoms with Gasteiger partial charge in [0.2, 0.25) is 5.91 Å². The highest BCUT2D eigenvalue weighted by atomic mass is 16.2. The third-order valence-electron chi connectivity index (χ3n) is 4.52. The van der Waals surface area contributed by atoms with Crippen molar-refractivity contribution in [2.24, 2.45) is 0 Å². The lowest BCUT2D eigenvalue weighted by molar-refractivity contribution is -0.118. The number of aromatic amines is 1. The molecular formula is C19H16N4O3. The highest BCUT2D eigenvalue weighted by Crippen LogP contribution is 2.24. The molecule has 1 aliphatic rings. The minimum Gasteiger partial charge on any atom is -0.342 e. The Bertz CT molecular complexity index is 1030. The fourth-order valence-electron chi connectivity index (χ4n) is 3.10. The van der Waals surface area contributed by atoms with Crippen molar-refractivity contribution in [3.63, 3.8) is 0 Å². The number of imide groups is 1. The van der Waals surface area contributed by atoms with Crippen LogP contribution in [-0.4, -0.2) is 46.2 Å². The maximum absolute atomic E-state index is 12.6. The van der Waals surface area contributed by atoms with Crippen LogP contribution >= 0.6 is 0 Å². The Hall–Kier alpha value is -3.48. The molecule has 0 atom stereocenters. The number of nitrogens with one attached hydrogen (secondary N) is 1. The van der Waals surface area contributed by atoms with Gasteiger partial charge in [-0.1, -0.05) is 12.1 Å². The third kappa shape index (κ3) is 2.45. The maximum Gasteiger partial charge on any atom is 0.262 e. The van der Waals surface area contributed by atoms with Crippen LogP contribution in [0.3, 0.4) is 0 Å². The highest BCUT2D eigenvalue weighted by molar-refractivity contribution is 6.22. The molecule has 3 aromatic rings. The predicted molar refractivity (Wildman–Crippen MR) is 96.0 cm³/mol. The fourth-order valence-corrected chi connectivity index (χ4v) is 3.10. The Balaban J connectivity index is 1.56. The van der Waals surface area contributed by atoms with Gasteiger partial charge in [0.1, 0.15) is 12.4 Å². The van der Waals surface area contributed by atoms with Crippen LogP contribution in [0.15, 0.2) is 42.5 Å². The minimum absolute atomic E-state index is 0.303. The molecule has 0 bridgehead atoms. The summed E-state index contributed by atoms with van der Waals surface area (Å²) in [5, 5.41) is 0. The number of hydrogen-bond donors (Lipinski definition) is 1. The Morgan fingerprint density at radius 2 is 1.77 bits per heavy atom. The van der Waals surface area contributed by atoms with Crippen molar-refractivity contribution in [2.45, 2.75) is 6.92 Å². The van der Waals surface area contributed by atoms with Gasteiger partial charge in [-0.3, -0.25) is 19.3 Å². The van der Waals surface area contributed by atoms with Gasteiger partial charge in [0.05, 0.1) is 22.2 Å². The molecule has 0 aliphatic carbocycles. The van der Waals surface area contributed by atoms with Gasteiger partial charge in [0.25, 0.3) is 11.8 Å². The first-order chi connectivity index (χ1) is 12.5. The van der Waals surface area contributed by atoms with Crippen molar-refractivity contribution in [1.82, 2.24) is 14.9 Å². The van der Waals surface area contributed by atoms with Crippen LogP contribution in [-0.2, 0) is 4.79 Å². The normalized spacial score (nSPS) is 13.4. The topological polar surface area (TPSA) is 86.4 Å². The number of rotatable bonds is 3. The summed E-state index contributed by atoms with van der Waals surface area (Å²) < 4.78 is 0. The molecule has 7 nitrogen and oxygen atoms in total. The summed E-state index contributed by atoms with van der Waals surface area (Å²) in [5.41, 5.74) is 2.96. The van der Waals surface area contributed by atoms with Crippen LogP contribution in [0, 0.1) is 6.92 Å². The largest absolute Gasteiger partial charge is 0.342 e. The molecule has 0 unspecified atom stereocenters. The van der Waals surface area contributed by atoms with E-state index in [9.17, 15) is 14.4 Å². The molecule has 3 amide bonds. The number of amides is 3. The van der Waals surface area contributed by atoms with Gasteiger partial charge in [-0.2, -0.15) is 0 Å². The number of aryl methyl sites for hydroxylation is 1. The third-order valence-corrected chi connectivity index (χ3v) is 4.52. The summed E-state index contributed by atoms with van der Waals surface area (Å²) in [6.45, 7) is 1.56. The zero-order chi connectivity index (χ0) is 18.4. The van der Waals surface area contributed by atoms with E-state index < -0.39 is 11.8 Å². The lowest BCUT2D eigenvalue weighted by atomic mass is 10.1. The van der Waals surface area contributed by atoms with Crippen LogP contribution < -0.4 is 4.90 Å². The second kappa shape index (κ2) is 5.80. The number of benzene rings is 2. The molecular weight excluding hydrogens is 332 g/mol. The Morgan fingerprint density at radius 3 is 2.42 bits per heavy atom. The van der Waals surface area contributed by atoms with Crippen LogP contribution in [0.25, 0.3) is 11.0 Å². The molecule has 4 rings (SSSR count). The van der Waals surface area contributed by atoms with Crippen LogP contribution in [0.2, 0.25) is 0 Å². The van der Waals surface area contributed by atoms with E-state index in [1.54, 1.807) is 37.4 Å². The molecule has 0 radical (unpaired) electrons. The summed E-state index contributed by atoms with van der Waals surface area (Å²) in [6, 6.07) is 12.0. The van der Waals surface area contributed by atoms with E-state index in [0.717, 1.165) is 21.8 Å². The van der Waals surface area contributed by atoms with Gasteiger partial charge in [0, 0.05) is 12.7 Å². The van der Waals surface area contributed by atoms with E-state index in [0.29, 0.717) is 16.8 Å². The molecule has 1 N–H and O–H groups in total. The molecule has 7 heteroatoms. The molecule has 1 aliphatic heterocycles. The average molecular weight is 348 g/mol. The Morgan fingerprint density at radius 1 is 1.12 bits per heavy atom. The highest BCUT2D eigenvalue weighted by Gasteiger charge is 2.36. The van der Waals surface area contributed by atoms with Gasteiger partial charge in [-0.05, 0) is 37.3 Å². The summed E-state index contributed by atoms with van der Waals surface area (Å²) in [7, 11) is 1.62. The smallest absolute Gasteiger partial charge is 0.262 e. The lowest BCUT2D eigenvalue weighted by Gasteiger charge is -2.20. The molecule has 130 valence electrons. The molecule has 2 aromatic carbocycles. The van der Waals surface area contributed by atoms with Gasteiger partial charge in [0.15, 0.2) is 0 Å². The number of H-pyrrole nitrogens is 1. The van der Waals surface area contributed by atoms with Crippen molar-refractivity contribution in [2.75, 3.05) is 18.5 Å². The van der Waals surface area contributed by atoms with E-state index >= 15 is 0 Å². The van der Waals surface area contributed by atoms with Crippen molar-refractivity contribution < 1.29 is 14.4 Å². The van der Waals surface area contributed by atoms with Gasteiger partial charge >= 0.3 is 0 Å². The summed E-state index contributed by atoms with van der Waals surface area (Å²) in [6.07, 6.45) is 0. The zero-order valence-corrected chi connectivity index (χ0v) is 14.3. The first kappa shape index (κ1) is 16.0. The number of imidazole rings is 1. The van der Waals surface area contributed by atoms with E-state index in [1.807, 2.05) is 19.1 Å². The molecule has 1 aromatic heterocycles. The molecule has 2 heterocycles. The van der Waals surface area contributed by atoms with E-state index in [-0.39, 0.29) is 12.5 Å². The number of carbonyl (C=O) groups is 3. The zero-order valence-electron chi connectivity index (χ0n) is 14.3. The van der Waals surface area contributed by atoms with Crippen LogP contribution in [0.1, 0.15) is 26.5 Å². The molecule has 0 spiro atoms. The second-order valence-electron chi connectivity index (χ2n) is 6.22. The lowest BCUT2D eigenvalue weighted by Crippen LogP contribution is -2.41. The number of aromatic nitrogens is 2. The van der Waals surface area contributed by atoms with Crippen molar-refractivity contribution in [3.05, 3.63) is 59.4 Å². The monoisotopic (exact) mass is 348 g/mol. The van der Waals surface area contributed by atoms with Crippen molar-refractivity contribution >= 4 is 34.4 Å². The molecule has 0 saturated heterocycles. The minimum atomic E-state index is -0.438. The van der Waals surface area contributed by atoms with E-state index in [4.69, 9.17) is 0 Å². The second-order valence-corrected chi connectivity index (χ2v) is 6.22. The number of fused-ring (bicyclic) bond motifs is 2. The number of anilines is 1. The quantitative estimate of drug-likeness (QED) is 0.735. The first-order valence-corrected chi connectivity index (χ1v) is 8.14. The van der Waals surface area contributed by atoms with Gasteiger partial charge in [-0.25, -0.2) is 4.98 Å². The number of hydrogen-bond acceptors (Lipinski definition) is 4. The fraction of sp³-hybridized carbons (Fsp3) is 0.158. The maximum atomic E-state index is 12.6. The van der Waals surface area contributed by atoms with Crippen LogP contribution in [0.5, 0.6) is 0 Å². The van der Waals surface area contributed by atoms with Gasteiger partial charge in [-0.15, -0.1) is 0 Å². The number of likely N-dealkylation sites (N-methyl/N-ethyl adjacent to an activating group) is 1. The van der Waals surface area contributed by atoms with Crippen molar-refractivity contribution in [1.29, 1.82) is 0 Å². The predicted octanol–water partition coefficient (Wildman–Crippen LogP) is 2.13. The molecule has 26 heavy (non-hydrogen) atoms. The van der Waals surface area contributed by atoms with Crippen molar-refractivity contribution in [3.8, 4) is 0 Å². The standard InChI is InChI=1S/C19H16N4O3/c1-11-20-15-8-7-12(9-16(15)21-11)22(2)17(24)10-23-18(25)13-5-3-4-6-14(13)19(23)26/h3-9H,10H2,1-2H3,(H,20,21). The number of nitrogens with zero attached hydrogens (tertiary/aromatic N) is 3. The summed E-state index contributed by atoms with van der Waals surface area (Å²) in [4.78, 5) is 47.3. The van der Waals surface area contributed by atoms with E-state index in [2.05, 4.69) is 9.97 Å². The Kier molecular flexibility index (Phi) is 3.57. The van der Waals surface area contributed by atoms with E-state index in [1.165, 1.54) is 4.90 Å². The Labute approximate surface area is 149 Å². The summed E-state index contributed by atoms with van der Waals surface area (Å²) >= 11 is 0. The SMILES string of the molecule is Cc1nc2ccc(N(C)C(=O)CN3C(=O)c4ccccc4C3=O)cc2[nH]1.